The summed E-state index contributed by atoms with van der Waals surface area (Å²) in [6.45, 7) is 4.73. The third-order valence-electron chi connectivity index (χ3n) is 5.14. The number of nitrogens with one attached hydrogen (secondary N) is 1. The summed E-state index contributed by atoms with van der Waals surface area (Å²) in [4.78, 5) is 18.7. The fourth-order valence-corrected chi connectivity index (χ4v) is 4.75. The highest BCUT2D eigenvalue weighted by Gasteiger charge is 2.26. The van der Waals surface area contributed by atoms with Crippen molar-refractivity contribution < 1.29 is 17.9 Å². The maximum Gasteiger partial charge on any atom is 0.261 e. The van der Waals surface area contributed by atoms with E-state index in [1.165, 1.54) is 12.3 Å². The van der Waals surface area contributed by atoms with E-state index in [0.717, 1.165) is 11.1 Å². The van der Waals surface area contributed by atoms with Crippen LogP contribution in [0.1, 0.15) is 28.4 Å². The number of nitrogens with zero attached hydrogens (tertiary/aromatic N) is 2. The van der Waals surface area contributed by atoms with Gasteiger partial charge < -0.3 is 9.64 Å². The van der Waals surface area contributed by atoms with Crippen LogP contribution in [0.5, 0.6) is 5.75 Å². The zero-order valence-electron chi connectivity index (χ0n) is 17.3. The van der Waals surface area contributed by atoms with Crippen molar-refractivity contribution >= 4 is 27.3 Å². The number of hydrogen-bond donors (Lipinski definition) is 1. The van der Waals surface area contributed by atoms with Crippen LogP contribution >= 0.6 is 0 Å². The molecule has 4 rings (SSSR count). The van der Waals surface area contributed by atoms with Crippen LogP contribution in [0.2, 0.25) is 0 Å². The predicted molar refractivity (Wildman–Crippen MR) is 119 cm³/mol. The number of hydrogen-bond acceptors (Lipinski definition) is 5. The lowest BCUT2D eigenvalue weighted by Crippen LogP contribution is -2.29. The molecule has 0 aliphatic carbocycles. The minimum atomic E-state index is -3.79. The monoisotopic (exact) mass is 437 g/mol. The van der Waals surface area contributed by atoms with Crippen LogP contribution in [-0.4, -0.2) is 32.5 Å². The van der Waals surface area contributed by atoms with Crippen LogP contribution in [0.25, 0.3) is 0 Å². The van der Waals surface area contributed by atoms with Gasteiger partial charge in [-0.15, -0.1) is 0 Å². The van der Waals surface area contributed by atoms with Gasteiger partial charge in [0, 0.05) is 24.6 Å². The maximum absolute atomic E-state index is 12.9. The summed E-state index contributed by atoms with van der Waals surface area (Å²) in [7, 11) is -3.79. The van der Waals surface area contributed by atoms with E-state index in [-0.39, 0.29) is 10.8 Å². The van der Waals surface area contributed by atoms with Crippen LogP contribution in [0.3, 0.4) is 0 Å². The number of carbonyl (C=O) groups excluding carboxylic acids is 1. The van der Waals surface area contributed by atoms with Crippen molar-refractivity contribution in [1.29, 1.82) is 0 Å². The van der Waals surface area contributed by atoms with E-state index in [1.807, 2.05) is 13.0 Å². The number of benzene rings is 2. The fraction of sp³-hybridized carbons (Fsp3) is 0.217. The second-order valence-electron chi connectivity index (χ2n) is 7.26. The van der Waals surface area contributed by atoms with Gasteiger partial charge in [-0.2, -0.15) is 0 Å². The van der Waals surface area contributed by atoms with Gasteiger partial charge in [-0.05, 0) is 73.9 Å². The summed E-state index contributed by atoms with van der Waals surface area (Å²) in [5, 5.41) is 0. The Balaban J connectivity index is 1.59. The molecule has 1 aliphatic heterocycles. The number of sulfonamides is 1. The van der Waals surface area contributed by atoms with Crippen molar-refractivity contribution in [3.63, 3.8) is 0 Å². The van der Waals surface area contributed by atoms with E-state index in [0.29, 0.717) is 42.3 Å². The molecule has 31 heavy (non-hydrogen) atoms. The molecule has 8 heteroatoms. The van der Waals surface area contributed by atoms with Gasteiger partial charge in [0.1, 0.15) is 5.75 Å². The van der Waals surface area contributed by atoms with Crippen molar-refractivity contribution in [3.8, 4) is 5.75 Å². The molecule has 0 bridgehead atoms. The van der Waals surface area contributed by atoms with Gasteiger partial charge in [0.25, 0.3) is 15.9 Å². The van der Waals surface area contributed by atoms with Crippen molar-refractivity contribution in [2.24, 2.45) is 0 Å². The van der Waals surface area contributed by atoms with Crippen LogP contribution in [0, 0.1) is 6.92 Å². The Bertz CT molecular complexity index is 1230. The molecule has 1 amide bonds. The molecule has 0 spiro atoms. The van der Waals surface area contributed by atoms with Crippen molar-refractivity contribution in [2.75, 3.05) is 22.8 Å². The van der Waals surface area contributed by atoms with Crippen LogP contribution in [0.4, 0.5) is 11.4 Å². The average Bonchev–Trinajstić information content (AvgIpc) is 3.18. The number of aryl methyl sites for hydroxylation is 1. The first-order chi connectivity index (χ1) is 14.9. The Morgan fingerprint density at radius 1 is 1.19 bits per heavy atom. The average molecular weight is 438 g/mol. The second kappa shape index (κ2) is 8.39. The third-order valence-corrected chi connectivity index (χ3v) is 6.52. The van der Waals surface area contributed by atoms with Crippen molar-refractivity contribution in [1.82, 2.24) is 4.98 Å². The molecule has 0 atom stereocenters. The molecule has 3 aromatic rings. The SMILES string of the molecule is CCOc1ccc(S(=O)(=O)Nc2ccc3c(c2)N(C(=O)c2cccnc2)CC3)cc1C. The Morgan fingerprint density at radius 2 is 2.03 bits per heavy atom. The molecule has 7 nitrogen and oxygen atoms in total. The topological polar surface area (TPSA) is 88.6 Å². The Morgan fingerprint density at radius 3 is 2.74 bits per heavy atom. The number of pyridine rings is 1. The quantitative estimate of drug-likeness (QED) is 0.634. The Kier molecular flexibility index (Phi) is 5.65. The highest BCUT2D eigenvalue weighted by Crippen LogP contribution is 2.33. The van der Waals surface area contributed by atoms with Crippen molar-refractivity contribution in [2.45, 2.75) is 25.2 Å². The molecule has 160 valence electrons. The van der Waals surface area contributed by atoms with Crippen LogP contribution < -0.4 is 14.4 Å². The highest BCUT2D eigenvalue weighted by molar-refractivity contribution is 7.92. The third kappa shape index (κ3) is 4.25. The number of amides is 1. The standard InChI is InChI=1S/C23H23N3O4S/c1-3-30-22-9-8-20(13-16(22)2)31(28,29)25-19-7-6-17-10-12-26(21(17)14-19)23(27)18-5-4-11-24-15-18/h4-9,11,13-15,25H,3,10,12H2,1-2H3. The summed E-state index contributed by atoms with van der Waals surface area (Å²) >= 11 is 0. The smallest absolute Gasteiger partial charge is 0.261 e. The van der Waals surface area contributed by atoms with E-state index in [4.69, 9.17) is 4.74 Å². The maximum atomic E-state index is 12.9. The summed E-state index contributed by atoms with van der Waals surface area (Å²) < 4.78 is 33.9. The summed E-state index contributed by atoms with van der Waals surface area (Å²) in [6, 6.07) is 13.5. The van der Waals surface area contributed by atoms with Gasteiger partial charge in [0.15, 0.2) is 0 Å². The normalized spacial score (nSPS) is 13.0. The molecule has 2 aromatic carbocycles. The van der Waals surface area contributed by atoms with Crippen molar-refractivity contribution in [3.05, 3.63) is 77.6 Å². The minimum Gasteiger partial charge on any atom is -0.494 e. The lowest BCUT2D eigenvalue weighted by Gasteiger charge is -2.18. The molecule has 1 N–H and O–H groups in total. The molecular weight excluding hydrogens is 414 g/mol. The van der Waals surface area contributed by atoms with Gasteiger partial charge in [0.2, 0.25) is 0 Å². The van der Waals surface area contributed by atoms with Gasteiger partial charge in [-0.3, -0.25) is 14.5 Å². The summed E-state index contributed by atoms with van der Waals surface area (Å²) in [5.41, 5.74) is 3.34. The van der Waals surface area contributed by atoms with Gasteiger partial charge in [-0.1, -0.05) is 6.07 Å². The fourth-order valence-electron chi connectivity index (χ4n) is 3.62. The molecule has 0 radical (unpaired) electrons. The number of carbonyl (C=O) groups is 1. The molecule has 0 fully saturated rings. The molecule has 0 unspecified atom stereocenters. The van der Waals surface area contributed by atoms with Gasteiger partial charge in [-0.25, -0.2) is 8.42 Å². The summed E-state index contributed by atoms with van der Waals surface area (Å²) in [6.07, 6.45) is 3.86. The number of anilines is 2. The van der Waals surface area contributed by atoms with E-state index in [9.17, 15) is 13.2 Å². The highest BCUT2D eigenvalue weighted by atomic mass is 32.2. The molecule has 1 aromatic heterocycles. The largest absolute Gasteiger partial charge is 0.494 e. The van der Waals surface area contributed by atoms with Crippen LogP contribution in [-0.2, 0) is 16.4 Å². The molecule has 0 saturated carbocycles. The first kappa shape index (κ1) is 20.9. The second-order valence-corrected chi connectivity index (χ2v) is 8.94. The molecule has 0 saturated heterocycles. The van der Waals surface area contributed by atoms with E-state index >= 15 is 0 Å². The lowest BCUT2D eigenvalue weighted by atomic mass is 10.1. The Hall–Kier alpha value is -3.39. The predicted octanol–water partition coefficient (Wildman–Crippen LogP) is 3.79. The molecule has 2 heterocycles. The summed E-state index contributed by atoms with van der Waals surface area (Å²) in [5.74, 6) is 0.498. The van der Waals surface area contributed by atoms with E-state index in [1.54, 1.807) is 54.4 Å². The number of fused-ring (bicyclic) bond motifs is 1. The number of ether oxygens (including phenoxy) is 1. The lowest BCUT2D eigenvalue weighted by molar-refractivity contribution is 0.0989. The molecular formula is C23H23N3O4S. The van der Waals surface area contributed by atoms with Gasteiger partial charge in [0.05, 0.1) is 22.8 Å². The van der Waals surface area contributed by atoms with E-state index in [2.05, 4.69) is 9.71 Å². The Labute approximate surface area is 181 Å². The first-order valence-electron chi connectivity index (χ1n) is 10.00. The number of rotatable bonds is 6. The zero-order valence-corrected chi connectivity index (χ0v) is 18.1. The minimum absolute atomic E-state index is 0.150. The van der Waals surface area contributed by atoms with Gasteiger partial charge >= 0.3 is 0 Å². The zero-order chi connectivity index (χ0) is 22.0. The molecule has 1 aliphatic rings. The van der Waals surface area contributed by atoms with E-state index < -0.39 is 10.0 Å². The first-order valence-corrected chi connectivity index (χ1v) is 11.5. The van der Waals surface area contributed by atoms with Crippen LogP contribution in [0.15, 0.2) is 65.8 Å². The number of aromatic nitrogens is 1.